The molecule has 3 aliphatic heterocycles. The highest BCUT2D eigenvalue weighted by Crippen LogP contribution is 2.26. The van der Waals surface area contributed by atoms with Crippen molar-refractivity contribution in [2.45, 2.75) is 65.6 Å². The fourth-order valence-electron chi connectivity index (χ4n) is 5.00. The van der Waals surface area contributed by atoms with Crippen molar-refractivity contribution in [1.29, 1.82) is 0 Å². The lowest BCUT2D eigenvalue weighted by molar-refractivity contribution is -0.128. The molecule has 5 rings (SSSR count). The number of rotatable bonds is 3. The number of piperidine rings is 1. The minimum Gasteiger partial charge on any atom is -0.338 e. The topological polar surface area (TPSA) is 61.7 Å². The number of nitrogens with zero attached hydrogens (tertiary/aromatic N) is 5. The normalized spacial score (nSPS) is 18.4. The van der Waals surface area contributed by atoms with Crippen molar-refractivity contribution in [3.05, 3.63) is 70.8 Å². The first-order valence-corrected chi connectivity index (χ1v) is 13.2. The van der Waals surface area contributed by atoms with E-state index in [9.17, 15) is 18.0 Å². The van der Waals surface area contributed by atoms with Gasteiger partial charge in [-0.05, 0) is 65.1 Å². The third-order valence-electron chi connectivity index (χ3n) is 6.77. The van der Waals surface area contributed by atoms with Crippen LogP contribution in [0.2, 0.25) is 0 Å². The molecule has 0 N–H and O–H groups in total. The molecule has 9 heteroatoms. The van der Waals surface area contributed by atoms with Crippen LogP contribution in [0.1, 0.15) is 56.2 Å². The van der Waals surface area contributed by atoms with Gasteiger partial charge in [0.15, 0.2) is 0 Å². The van der Waals surface area contributed by atoms with E-state index in [0.29, 0.717) is 12.6 Å². The van der Waals surface area contributed by atoms with Gasteiger partial charge in [0, 0.05) is 44.0 Å². The predicted molar refractivity (Wildman–Crippen MR) is 144 cm³/mol. The maximum absolute atomic E-state index is 13.2. The lowest BCUT2D eigenvalue weighted by Gasteiger charge is -2.37. The SMILES string of the molecule is CC(F)(F)F.CC1=C(C(=O)N2CCC(N3CCCC3)CC2)C(c2cncnc2)=NC1.Cc1cccc(C)c1. The summed E-state index contributed by atoms with van der Waals surface area (Å²) in [6.45, 7) is 11.1. The minimum atomic E-state index is -4.00. The second-order valence-corrected chi connectivity index (χ2v) is 10.2. The highest BCUT2D eigenvalue weighted by Gasteiger charge is 2.33. The van der Waals surface area contributed by atoms with Crippen molar-refractivity contribution in [2.24, 2.45) is 4.99 Å². The molecule has 38 heavy (non-hydrogen) atoms. The number of hydrogen-bond donors (Lipinski definition) is 0. The molecule has 0 aliphatic carbocycles. The van der Waals surface area contributed by atoms with Crippen LogP contribution in [0.15, 0.2) is 59.1 Å². The first kappa shape index (κ1) is 29.5. The van der Waals surface area contributed by atoms with Gasteiger partial charge >= 0.3 is 6.18 Å². The second kappa shape index (κ2) is 13.6. The van der Waals surface area contributed by atoms with Crippen molar-refractivity contribution >= 4 is 11.6 Å². The summed E-state index contributed by atoms with van der Waals surface area (Å²) in [7, 11) is 0. The number of carbonyl (C=O) groups is 1. The number of amides is 1. The minimum absolute atomic E-state index is 0.123. The van der Waals surface area contributed by atoms with Crippen LogP contribution in [0.25, 0.3) is 0 Å². The van der Waals surface area contributed by atoms with Crippen LogP contribution in [0, 0.1) is 13.8 Å². The molecule has 2 fully saturated rings. The fraction of sp³-hybridized carbons (Fsp3) is 0.517. The van der Waals surface area contributed by atoms with E-state index < -0.39 is 6.18 Å². The predicted octanol–water partition coefficient (Wildman–Crippen LogP) is 5.55. The number of alkyl halides is 3. The maximum Gasteiger partial charge on any atom is 0.386 e. The first-order chi connectivity index (χ1) is 18.0. The van der Waals surface area contributed by atoms with Crippen LogP contribution in [0.3, 0.4) is 0 Å². The van der Waals surface area contributed by atoms with Gasteiger partial charge in [-0.15, -0.1) is 0 Å². The van der Waals surface area contributed by atoms with E-state index in [1.54, 1.807) is 12.4 Å². The van der Waals surface area contributed by atoms with Crippen molar-refractivity contribution in [2.75, 3.05) is 32.7 Å². The molecule has 206 valence electrons. The number of hydrogen-bond acceptors (Lipinski definition) is 5. The van der Waals surface area contributed by atoms with Crippen LogP contribution in [-0.2, 0) is 4.79 Å². The molecule has 2 saturated heterocycles. The second-order valence-electron chi connectivity index (χ2n) is 10.2. The van der Waals surface area contributed by atoms with Crippen molar-refractivity contribution < 1.29 is 18.0 Å². The maximum atomic E-state index is 13.2. The van der Waals surface area contributed by atoms with E-state index in [1.165, 1.54) is 43.4 Å². The average molecular weight is 530 g/mol. The van der Waals surface area contributed by atoms with E-state index in [2.05, 4.69) is 58.0 Å². The lowest BCUT2D eigenvalue weighted by atomic mass is 9.98. The highest BCUT2D eigenvalue weighted by atomic mass is 19.4. The third-order valence-corrected chi connectivity index (χ3v) is 6.77. The van der Waals surface area contributed by atoms with Crippen LogP contribution < -0.4 is 0 Å². The van der Waals surface area contributed by atoms with Gasteiger partial charge in [0.25, 0.3) is 5.91 Å². The Balaban J connectivity index is 0.000000254. The number of aryl methyl sites for hydroxylation is 2. The number of aliphatic imine (C=N–C) groups is 1. The first-order valence-electron chi connectivity index (χ1n) is 13.2. The molecule has 2 aromatic rings. The van der Waals surface area contributed by atoms with Crippen LogP contribution in [0.5, 0.6) is 0 Å². The molecule has 3 aliphatic rings. The molecule has 1 aromatic heterocycles. The fourth-order valence-corrected chi connectivity index (χ4v) is 5.00. The molecule has 6 nitrogen and oxygen atoms in total. The Morgan fingerprint density at radius 2 is 1.50 bits per heavy atom. The summed E-state index contributed by atoms with van der Waals surface area (Å²) in [4.78, 5) is 30.5. The number of likely N-dealkylation sites (tertiary alicyclic amines) is 2. The highest BCUT2D eigenvalue weighted by molar-refractivity contribution is 6.29. The van der Waals surface area contributed by atoms with E-state index in [4.69, 9.17) is 0 Å². The summed E-state index contributed by atoms with van der Waals surface area (Å²) < 4.78 is 31.1. The molecular weight excluding hydrogens is 491 g/mol. The standard InChI is InChI=1S/C19H25N5O.C8H10.C2H3F3/c1-14-10-22-18(15-11-20-13-21-12-15)17(14)19(25)24-8-4-16(5-9-24)23-6-2-3-7-23;1-7-4-3-5-8(2)6-7;1-2(3,4)5/h11-13,16H,2-10H2,1H3;3-6H,1-2H3;1H3. The van der Waals surface area contributed by atoms with Gasteiger partial charge in [-0.25, -0.2) is 9.97 Å². The van der Waals surface area contributed by atoms with Crippen LogP contribution in [0.4, 0.5) is 13.2 Å². The summed E-state index contributed by atoms with van der Waals surface area (Å²) >= 11 is 0. The molecule has 0 saturated carbocycles. The number of carbonyl (C=O) groups excluding carboxylic acids is 1. The van der Waals surface area contributed by atoms with Crippen molar-refractivity contribution in [1.82, 2.24) is 19.8 Å². The Hall–Kier alpha value is -3.07. The van der Waals surface area contributed by atoms with Gasteiger partial charge in [-0.3, -0.25) is 9.79 Å². The zero-order valence-corrected chi connectivity index (χ0v) is 22.8. The number of benzene rings is 1. The van der Waals surface area contributed by atoms with Crippen LogP contribution in [-0.4, -0.2) is 76.3 Å². The molecule has 0 radical (unpaired) electrons. The molecule has 0 atom stereocenters. The van der Waals surface area contributed by atoms with Crippen LogP contribution >= 0.6 is 0 Å². The van der Waals surface area contributed by atoms with E-state index in [-0.39, 0.29) is 12.8 Å². The quantitative estimate of drug-likeness (QED) is 0.523. The Labute approximate surface area is 223 Å². The Morgan fingerprint density at radius 1 is 0.947 bits per heavy atom. The molecule has 1 aromatic carbocycles. The van der Waals surface area contributed by atoms with Gasteiger partial charge in [-0.1, -0.05) is 35.4 Å². The van der Waals surface area contributed by atoms with Gasteiger partial charge < -0.3 is 9.80 Å². The van der Waals surface area contributed by atoms with E-state index >= 15 is 0 Å². The smallest absolute Gasteiger partial charge is 0.338 e. The van der Waals surface area contributed by atoms with E-state index in [0.717, 1.165) is 48.4 Å². The average Bonchev–Trinajstić information content (AvgIpc) is 3.54. The molecule has 0 unspecified atom stereocenters. The summed E-state index contributed by atoms with van der Waals surface area (Å²) in [5, 5.41) is 0. The summed E-state index contributed by atoms with van der Waals surface area (Å²) in [5.41, 5.74) is 6.06. The van der Waals surface area contributed by atoms with Gasteiger partial charge in [-0.2, -0.15) is 13.2 Å². The molecule has 0 bridgehead atoms. The molecule has 1 amide bonds. The van der Waals surface area contributed by atoms with Gasteiger partial charge in [0.05, 0.1) is 17.8 Å². The number of aromatic nitrogens is 2. The Kier molecular flexibility index (Phi) is 10.6. The lowest BCUT2D eigenvalue weighted by Crippen LogP contribution is -2.46. The van der Waals surface area contributed by atoms with Crippen molar-refractivity contribution in [3.8, 4) is 0 Å². The third kappa shape index (κ3) is 9.04. The number of halogens is 3. The molecular formula is C29H38F3N5O. The van der Waals surface area contributed by atoms with Gasteiger partial charge in [0.1, 0.15) is 6.33 Å². The largest absolute Gasteiger partial charge is 0.386 e. The zero-order chi connectivity index (χ0) is 27.7. The zero-order valence-electron chi connectivity index (χ0n) is 22.8. The summed E-state index contributed by atoms with van der Waals surface area (Å²) in [6, 6.07) is 9.10. The Morgan fingerprint density at radius 3 is 2.00 bits per heavy atom. The Bertz CT molecular complexity index is 1090. The van der Waals surface area contributed by atoms with Crippen molar-refractivity contribution in [3.63, 3.8) is 0 Å². The molecule has 0 spiro atoms. The summed E-state index contributed by atoms with van der Waals surface area (Å²) in [5.74, 6) is 0.123. The van der Waals surface area contributed by atoms with Gasteiger partial charge in [0.2, 0.25) is 0 Å². The summed E-state index contributed by atoms with van der Waals surface area (Å²) in [6.07, 6.45) is 5.78. The van der Waals surface area contributed by atoms with E-state index in [1.807, 2.05) is 11.8 Å². The molecule has 4 heterocycles. The monoisotopic (exact) mass is 529 g/mol.